The van der Waals surface area contributed by atoms with Crippen molar-refractivity contribution in [1.29, 1.82) is 0 Å². The summed E-state index contributed by atoms with van der Waals surface area (Å²) >= 11 is 0. The number of fused-ring (bicyclic) bond motifs is 6. The van der Waals surface area contributed by atoms with Gasteiger partial charge in [-0.2, -0.15) is 0 Å². The average Bonchev–Trinajstić information content (AvgIpc) is 3.80. The van der Waals surface area contributed by atoms with Gasteiger partial charge in [-0.05, 0) is 123 Å². The third kappa shape index (κ3) is 5.49. The quantitative estimate of drug-likeness (QED) is 0.162. The zero-order valence-corrected chi connectivity index (χ0v) is 32.1. The lowest BCUT2D eigenvalue weighted by molar-refractivity contribution is 0.666. The highest BCUT2D eigenvalue weighted by Gasteiger charge is 2.42. The van der Waals surface area contributed by atoms with Crippen LogP contribution in [0.3, 0.4) is 0 Å². The molecule has 1 heterocycles. The predicted molar refractivity (Wildman–Crippen MR) is 242 cm³/mol. The van der Waals surface area contributed by atoms with Crippen LogP contribution in [-0.4, -0.2) is 0 Å². The SMILES string of the molecule is CC1(c2cccc3oc4ccc(-c5cccc(N(c6ccc(-c7ccccc7)cc6)c6ccc(-c7ccccc7)cc6)c5)cc4c23)c2ccccc2-c2ccccc21. The van der Waals surface area contributed by atoms with Crippen molar-refractivity contribution < 1.29 is 4.42 Å². The third-order valence-corrected chi connectivity index (χ3v) is 12.2. The molecule has 9 aromatic carbocycles. The highest BCUT2D eigenvalue weighted by atomic mass is 16.3. The predicted octanol–water partition coefficient (Wildman–Crippen LogP) is 15.4. The number of hydrogen-bond acceptors (Lipinski definition) is 2. The molecule has 0 unspecified atom stereocenters. The van der Waals surface area contributed by atoms with Crippen molar-refractivity contribution in [2.24, 2.45) is 0 Å². The van der Waals surface area contributed by atoms with Crippen LogP contribution in [0.25, 0.3) is 66.4 Å². The van der Waals surface area contributed by atoms with E-state index in [1.54, 1.807) is 0 Å². The molecule has 11 rings (SSSR count). The van der Waals surface area contributed by atoms with Gasteiger partial charge in [0.15, 0.2) is 0 Å². The highest BCUT2D eigenvalue weighted by Crippen LogP contribution is 2.54. The van der Waals surface area contributed by atoms with Crippen LogP contribution >= 0.6 is 0 Å². The smallest absolute Gasteiger partial charge is 0.135 e. The molecule has 0 radical (unpaired) electrons. The van der Waals surface area contributed by atoms with Crippen LogP contribution < -0.4 is 4.90 Å². The van der Waals surface area contributed by atoms with Crippen molar-refractivity contribution in [2.45, 2.75) is 12.3 Å². The Morgan fingerprint density at radius 2 is 0.810 bits per heavy atom. The van der Waals surface area contributed by atoms with Gasteiger partial charge in [0.05, 0.1) is 0 Å². The molecule has 0 spiro atoms. The first kappa shape index (κ1) is 33.9. The van der Waals surface area contributed by atoms with Gasteiger partial charge in [0.1, 0.15) is 11.2 Å². The molecule has 1 aliphatic rings. The lowest BCUT2D eigenvalue weighted by atomic mass is 9.73. The van der Waals surface area contributed by atoms with Gasteiger partial charge in [0.2, 0.25) is 0 Å². The summed E-state index contributed by atoms with van der Waals surface area (Å²) in [5, 5.41) is 2.30. The van der Waals surface area contributed by atoms with Crippen molar-refractivity contribution in [3.05, 3.63) is 235 Å². The van der Waals surface area contributed by atoms with Crippen molar-refractivity contribution in [3.63, 3.8) is 0 Å². The van der Waals surface area contributed by atoms with E-state index < -0.39 is 0 Å². The van der Waals surface area contributed by atoms with Crippen molar-refractivity contribution in [3.8, 4) is 44.5 Å². The standard InChI is InChI=1S/C56H39NO/c1-56(50-22-10-8-20-47(50)48-21-9-11-23-51(48)56)52-24-13-25-54-55(52)49-37-43(30-35-53(49)58-54)42-18-12-19-46(36-42)57(44-31-26-40(27-32-44)38-14-4-2-5-15-38)45-33-28-41(29-34-45)39-16-6-3-7-17-39/h2-37H,1H3. The second-order valence-corrected chi connectivity index (χ2v) is 15.4. The minimum atomic E-state index is -0.341. The van der Waals surface area contributed by atoms with E-state index >= 15 is 0 Å². The van der Waals surface area contributed by atoms with Gasteiger partial charge in [-0.3, -0.25) is 0 Å². The molecule has 0 bridgehead atoms. The maximum atomic E-state index is 6.62. The maximum Gasteiger partial charge on any atom is 0.135 e. The molecular formula is C56H39NO. The second kappa shape index (κ2) is 13.7. The summed E-state index contributed by atoms with van der Waals surface area (Å²) in [4.78, 5) is 2.35. The Morgan fingerprint density at radius 3 is 1.41 bits per heavy atom. The van der Waals surface area contributed by atoms with Crippen molar-refractivity contribution in [2.75, 3.05) is 4.90 Å². The Hall–Kier alpha value is -7.42. The van der Waals surface area contributed by atoms with Gasteiger partial charge < -0.3 is 9.32 Å². The number of anilines is 3. The maximum absolute atomic E-state index is 6.62. The first-order chi connectivity index (χ1) is 28.6. The van der Waals surface area contributed by atoms with Gasteiger partial charge in [-0.15, -0.1) is 0 Å². The van der Waals surface area contributed by atoms with E-state index in [9.17, 15) is 0 Å². The minimum absolute atomic E-state index is 0.341. The summed E-state index contributed by atoms with van der Waals surface area (Å²) in [5.74, 6) is 0. The fourth-order valence-corrected chi connectivity index (χ4v) is 9.31. The van der Waals surface area contributed by atoms with E-state index in [-0.39, 0.29) is 5.41 Å². The van der Waals surface area contributed by atoms with Crippen molar-refractivity contribution in [1.82, 2.24) is 0 Å². The zero-order chi connectivity index (χ0) is 38.6. The monoisotopic (exact) mass is 741 g/mol. The molecule has 0 saturated carbocycles. The van der Waals surface area contributed by atoms with Gasteiger partial charge >= 0.3 is 0 Å². The van der Waals surface area contributed by atoms with Crippen LogP contribution in [0.4, 0.5) is 17.1 Å². The normalized spacial score (nSPS) is 12.7. The first-order valence-electron chi connectivity index (χ1n) is 20.0. The lowest BCUT2D eigenvalue weighted by Crippen LogP contribution is -2.22. The fourth-order valence-electron chi connectivity index (χ4n) is 9.31. The molecule has 58 heavy (non-hydrogen) atoms. The minimum Gasteiger partial charge on any atom is -0.456 e. The van der Waals surface area contributed by atoms with Gasteiger partial charge in [0.25, 0.3) is 0 Å². The second-order valence-electron chi connectivity index (χ2n) is 15.4. The number of nitrogens with zero attached hydrogens (tertiary/aromatic N) is 1. The molecular weight excluding hydrogens is 703 g/mol. The number of benzene rings is 9. The van der Waals surface area contributed by atoms with Crippen LogP contribution in [0.15, 0.2) is 223 Å². The molecule has 1 aromatic heterocycles. The summed E-state index contributed by atoms with van der Waals surface area (Å²) in [6, 6.07) is 78.8. The van der Waals surface area contributed by atoms with Crippen LogP contribution in [-0.2, 0) is 5.41 Å². The molecule has 0 N–H and O–H groups in total. The summed E-state index contributed by atoms with van der Waals surface area (Å²) < 4.78 is 6.62. The number of furan rings is 1. The molecule has 274 valence electrons. The largest absolute Gasteiger partial charge is 0.456 e. The Bertz CT molecular complexity index is 2980. The van der Waals surface area contributed by atoms with Crippen LogP contribution in [0.5, 0.6) is 0 Å². The lowest BCUT2D eigenvalue weighted by Gasteiger charge is -2.29. The van der Waals surface area contributed by atoms with E-state index in [1.807, 2.05) is 0 Å². The van der Waals surface area contributed by atoms with E-state index in [1.165, 1.54) is 55.5 Å². The molecule has 0 atom stereocenters. The van der Waals surface area contributed by atoms with Crippen LogP contribution in [0, 0.1) is 0 Å². The Morgan fingerprint density at radius 1 is 0.345 bits per heavy atom. The van der Waals surface area contributed by atoms with Crippen LogP contribution in [0.1, 0.15) is 23.6 Å². The van der Waals surface area contributed by atoms with Gasteiger partial charge in [-0.1, -0.05) is 164 Å². The van der Waals surface area contributed by atoms with Gasteiger partial charge in [-0.25, -0.2) is 0 Å². The summed E-state index contributed by atoms with van der Waals surface area (Å²) in [5.41, 5.74) is 18.3. The van der Waals surface area contributed by atoms with E-state index in [0.29, 0.717) is 0 Å². The molecule has 2 heteroatoms. The zero-order valence-electron chi connectivity index (χ0n) is 32.1. The molecule has 2 nitrogen and oxygen atoms in total. The summed E-state index contributed by atoms with van der Waals surface area (Å²) in [6.45, 7) is 2.38. The summed E-state index contributed by atoms with van der Waals surface area (Å²) in [6.07, 6.45) is 0. The molecule has 0 saturated heterocycles. The molecule has 0 amide bonds. The Labute approximate surface area is 338 Å². The Balaban J connectivity index is 1.03. The van der Waals surface area contributed by atoms with Gasteiger partial charge in [0, 0.05) is 33.2 Å². The van der Waals surface area contributed by atoms with E-state index in [4.69, 9.17) is 4.42 Å². The van der Waals surface area contributed by atoms with E-state index in [0.717, 1.165) is 44.7 Å². The Kier molecular flexibility index (Phi) is 7.97. The molecule has 0 fully saturated rings. The fraction of sp³-hybridized carbons (Fsp3) is 0.0357. The molecule has 1 aliphatic carbocycles. The average molecular weight is 742 g/mol. The number of rotatable bonds is 7. The van der Waals surface area contributed by atoms with Crippen LogP contribution in [0.2, 0.25) is 0 Å². The molecule has 0 aliphatic heterocycles. The molecule has 10 aromatic rings. The first-order valence-corrected chi connectivity index (χ1v) is 20.0. The highest BCUT2D eigenvalue weighted by molar-refractivity contribution is 6.09. The van der Waals surface area contributed by atoms with Crippen molar-refractivity contribution >= 4 is 39.0 Å². The summed E-state index contributed by atoms with van der Waals surface area (Å²) in [7, 11) is 0. The number of hydrogen-bond donors (Lipinski definition) is 0. The van der Waals surface area contributed by atoms with E-state index in [2.05, 4.69) is 230 Å². The third-order valence-electron chi connectivity index (χ3n) is 12.2. The topological polar surface area (TPSA) is 16.4 Å².